The van der Waals surface area contributed by atoms with Crippen LogP contribution in [0.25, 0.3) is 10.9 Å². The number of carbonyl (C=O) groups is 2. The minimum Gasteiger partial charge on any atom is -0.388 e. The first-order valence-electron chi connectivity index (χ1n) is 8.64. The Morgan fingerprint density at radius 1 is 1.32 bits per heavy atom. The fraction of sp³-hybridized carbons (Fsp3) is 0.474. The Hall–Kier alpha value is -2.34. The molecule has 25 heavy (non-hydrogen) atoms. The van der Waals surface area contributed by atoms with Crippen molar-refractivity contribution in [3.8, 4) is 0 Å². The fourth-order valence-electron chi connectivity index (χ4n) is 3.00. The predicted molar refractivity (Wildman–Crippen MR) is 98.1 cm³/mol. The molecule has 0 saturated heterocycles. The highest BCUT2D eigenvalue weighted by Gasteiger charge is 2.25. The maximum atomic E-state index is 12.5. The maximum absolute atomic E-state index is 12.5. The second-order valence-corrected chi connectivity index (χ2v) is 6.78. The molecule has 1 aromatic carbocycles. The zero-order valence-electron chi connectivity index (χ0n) is 15.1. The zero-order chi connectivity index (χ0) is 18.4. The van der Waals surface area contributed by atoms with Crippen LogP contribution in [-0.2, 0) is 16.0 Å². The van der Waals surface area contributed by atoms with Crippen LogP contribution >= 0.6 is 0 Å². The largest absolute Gasteiger partial charge is 0.388 e. The van der Waals surface area contributed by atoms with Gasteiger partial charge in [-0.1, -0.05) is 31.5 Å². The second kappa shape index (κ2) is 8.16. The van der Waals surface area contributed by atoms with Gasteiger partial charge in [0.2, 0.25) is 11.8 Å². The number of H-pyrrole nitrogens is 1. The van der Waals surface area contributed by atoms with Crippen molar-refractivity contribution >= 4 is 22.7 Å². The van der Waals surface area contributed by atoms with Gasteiger partial charge in [-0.15, -0.1) is 0 Å². The normalized spacial score (nSPS) is 14.7. The van der Waals surface area contributed by atoms with Crippen molar-refractivity contribution < 1.29 is 14.7 Å². The molecule has 4 N–H and O–H groups in total. The van der Waals surface area contributed by atoms with Crippen molar-refractivity contribution in [2.24, 2.45) is 0 Å². The lowest BCUT2D eigenvalue weighted by atomic mass is 10.00. The summed E-state index contributed by atoms with van der Waals surface area (Å²) in [7, 11) is 0. The number of fused-ring (bicyclic) bond motifs is 1. The summed E-state index contributed by atoms with van der Waals surface area (Å²) < 4.78 is 0. The summed E-state index contributed by atoms with van der Waals surface area (Å²) in [6.07, 6.45) is 3.67. The van der Waals surface area contributed by atoms with E-state index in [0.29, 0.717) is 12.8 Å². The molecule has 0 bridgehead atoms. The maximum Gasteiger partial charge on any atom is 0.243 e. The summed E-state index contributed by atoms with van der Waals surface area (Å²) >= 11 is 0. The van der Waals surface area contributed by atoms with Crippen molar-refractivity contribution in [1.82, 2.24) is 15.6 Å². The lowest BCUT2D eigenvalue weighted by Gasteiger charge is -2.25. The highest BCUT2D eigenvalue weighted by molar-refractivity contribution is 5.89. The number of para-hydroxylation sites is 1. The van der Waals surface area contributed by atoms with Crippen LogP contribution in [0.2, 0.25) is 0 Å². The quantitative estimate of drug-likeness (QED) is 0.588. The van der Waals surface area contributed by atoms with Gasteiger partial charge >= 0.3 is 0 Å². The number of aromatic nitrogens is 1. The van der Waals surface area contributed by atoms with Gasteiger partial charge in [-0.2, -0.15) is 0 Å². The van der Waals surface area contributed by atoms with Gasteiger partial charge in [0.15, 0.2) is 0 Å². The van der Waals surface area contributed by atoms with Crippen LogP contribution in [-0.4, -0.2) is 40.1 Å². The zero-order valence-corrected chi connectivity index (χ0v) is 15.1. The molecule has 0 aliphatic rings. The molecule has 2 rings (SSSR count). The first-order chi connectivity index (χ1) is 11.8. The van der Waals surface area contributed by atoms with E-state index < -0.39 is 11.6 Å². The van der Waals surface area contributed by atoms with Crippen LogP contribution < -0.4 is 10.6 Å². The molecule has 0 radical (unpaired) electrons. The molecule has 2 atom stereocenters. The molecule has 136 valence electrons. The summed E-state index contributed by atoms with van der Waals surface area (Å²) in [5.74, 6) is -0.558. The van der Waals surface area contributed by atoms with Crippen molar-refractivity contribution in [2.45, 2.75) is 51.7 Å². The second-order valence-electron chi connectivity index (χ2n) is 6.78. The third-order valence-electron chi connectivity index (χ3n) is 4.22. The van der Waals surface area contributed by atoms with E-state index in [1.165, 1.54) is 6.92 Å². The van der Waals surface area contributed by atoms with E-state index in [2.05, 4.69) is 15.6 Å². The molecule has 1 heterocycles. The standard InChI is InChI=1S/C19H27N3O3/c1-4-9-19(3,25)12-21-18(24)17(22-13(2)23)10-14-11-20-16-8-6-5-7-15(14)16/h5-8,11,17,20,25H,4,9-10,12H2,1-3H3,(H,21,24)(H,22,23). The van der Waals surface area contributed by atoms with E-state index in [-0.39, 0.29) is 18.4 Å². The van der Waals surface area contributed by atoms with E-state index >= 15 is 0 Å². The number of hydrogen-bond donors (Lipinski definition) is 4. The molecule has 2 unspecified atom stereocenters. The van der Waals surface area contributed by atoms with Gasteiger partial charge in [-0.25, -0.2) is 0 Å². The Morgan fingerprint density at radius 2 is 2.04 bits per heavy atom. The molecule has 0 spiro atoms. The van der Waals surface area contributed by atoms with Gasteiger partial charge in [-0.05, 0) is 25.0 Å². The average Bonchev–Trinajstić information content (AvgIpc) is 2.95. The Balaban J connectivity index is 2.10. The predicted octanol–water partition coefficient (Wildman–Crippen LogP) is 1.88. The molecule has 0 aliphatic heterocycles. The van der Waals surface area contributed by atoms with Crippen LogP contribution in [0.5, 0.6) is 0 Å². The Morgan fingerprint density at radius 3 is 2.72 bits per heavy atom. The minimum absolute atomic E-state index is 0.156. The number of rotatable bonds is 8. The van der Waals surface area contributed by atoms with Crippen molar-refractivity contribution in [1.29, 1.82) is 0 Å². The van der Waals surface area contributed by atoms with Crippen molar-refractivity contribution in [2.75, 3.05) is 6.54 Å². The van der Waals surface area contributed by atoms with E-state index in [1.54, 1.807) is 6.92 Å². The van der Waals surface area contributed by atoms with Gasteiger partial charge in [0.25, 0.3) is 0 Å². The topological polar surface area (TPSA) is 94.2 Å². The summed E-state index contributed by atoms with van der Waals surface area (Å²) in [5, 5.41) is 16.7. The molecule has 0 saturated carbocycles. The van der Waals surface area contributed by atoms with Crippen LogP contribution in [0.3, 0.4) is 0 Å². The van der Waals surface area contributed by atoms with Gasteiger partial charge in [0.1, 0.15) is 6.04 Å². The first-order valence-corrected chi connectivity index (χ1v) is 8.64. The molecule has 0 fully saturated rings. The SMILES string of the molecule is CCCC(C)(O)CNC(=O)C(Cc1c[nH]c2ccccc12)NC(C)=O. The van der Waals surface area contributed by atoms with E-state index in [1.807, 2.05) is 37.4 Å². The number of benzene rings is 1. The molecule has 1 aromatic heterocycles. The first kappa shape index (κ1) is 19.0. The van der Waals surface area contributed by atoms with E-state index in [9.17, 15) is 14.7 Å². The molecular weight excluding hydrogens is 318 g/mol. The minimum atomic E-state index is -0.952. The van der Waals surface area contributed by atoms with E-state index in [4.69, 9.17) is 0 Å². The third-order valence-corrected chi connectivity index (χ3v) is 4.22. The van der Waals surface area contributed by atoms with Crippen LogP contribution in [0, 0.1) is 0 Å². The molecule has 6 heteroatoms. The number of carbonyl (C=O) groups excluding carboxylic acids is 2. The summed E-state index contributed by atoms with van der Waals surface area (Å²) in [6, 6.07) is 7.14. The number of hydrogen-bond acceptors (Lipinski definition) is 3. The van der Waals surface area contributed by atoms with Gasteiger partial charge in [0.05, 0.1) is 5.60 Å². The van der Waals surface area contributed by atoms with Crippen LogP contribution in [0.15, 0.2) is 30.5 Å². The lowest BCUT2D eigenvalue weighted by molar-refractivity contribution is -0.128. The highest BCUT2D eigenvalue weighted by atomic mass is 16.3. The van der Waals surface area contributed by atoms with Crippen molar-refractivity contribution in [3.05, 3.63) is 36.0 Å². The number of amides is 2. The summed E-state index contributed by atoms with van der Waals surface area (Å²) in [6.45, 7) is 5.23. The van der Waals surface area contributed by atoms with Gasteiger partial charge in [0, 0.05) is 37.0 Å². The number of aromatic amines is 1. The Labute approximate surface area is 148 Å². The molecule has 6 nitrogen and oxygen atoms in total. The van der Waals surface area contributed by atoms with E-state index in [0.717, 1.165) is 22.9 Å². The summed E-state index contributed by atoms with van der Waals surface area (Å²) in [5.41, 5.74) is 1.00. The smallest absolute Gasteiger partial charge is 0.243 e. The van der Waals surface area contributed by atoms with Crippen molar-refractivity contribution in [3.63, 3.8) is 0 Å². The van der Waals surface area contributed by atoms with Crippen LogP contribution in [0.1, 0.15) is 39.2 Å². The molecule has 2 aromatic rings. The van der Waals surface area contributed by atoms with Crippen LogP contribution in [0.4, 0.5) is 0 Å². The summed E-state index contributed by atoms with van der Waals surface area (Å²) in [4.78, 5) is 27.2. The molecular formula is C19H27N3O3. The highest BCUT2D eigenvalue weighted by Crippen LogP contribution is 2.19. The Kier molecular flexibility index (Phi) is 6.20. The number of nitrogens with one attached hydrogen (secondary N) is 3. The fourth-order valence-corrected chi connectivity index (χ4v) is 3.00. The monoisotopic (exact) mass is 345 g/mol. The average molecular weight is 345 g/mol. The van der Waals surface area contributed by atoms with Gasteiger partial charge < -0.3 is 20.7 Å². The third kappa shape index (κ3) is 5.32. The number of aliphatic hydroxyl groups is 1. The van der Waals surface area contributed by atoms with Gasteiger partial charge in [-0.3, -0.25) is 9.59 Å². The molecule has 0 aliphatic carbocycles. The lowest BCUT2D eigenvalue weighted by Crippen LogP contribution is -2.50. The molecule has 2 amide bonds. The Bertz CT molecular complexity index is 736.